The Balaban J connectivity index is 1.83. The van der Waals surface area contributed by atoms with Gasteiger partial charge < -0.3 is 5.32 Å². The molecule has 0 saturated heterocycles. The van der Waals surface area contributed by atoms with Crippen molar-refractivity contribution in [2.24, 2.45) is 0 Å². The van der Waals surface area contributed by atoms with Crippen molar-refractivity contribution in [1.29, 1.82) is 0 Å². The summed E-state index contributed by atoms with van der Waals surface area (Å²) in [5, 5.41) is 5.84. The van der Waals surface area contributed by atoms with Crippen LogP contribution in [-0.4, -0.2) is 11.5 Å². The number of nitrogens with one attached hydrogen (secondary N) is 1. The van der Waals surface area contributed by atoms with Gasteiger partial charge in [0.1, 0.15) is 0 Å². The molecular weight excluding hydrogens is 284 g/mol. The van der Waals surface area contributed by atoms with Crippen LogP contribution in [0, 0.1) is 0 Å². The maximum atomic E-state index is 4.22. The quantitative estimate of drug-likeness (QED) is 0.717. The lowest BCUT2D eigenvalue weighted by molar-refractivity contribution is 0.536. The third-order valence-electron chi connectivity index (χ3n) is 3.31. The van der Waals surface area contributed by atoms with Crippen LogP contribution in [0.5, 0.6) is 0 Å². The van der Waals surface area contributed by atoms with Gasteiger partial charge in [0.2, 0.25) is 0 Å². The molecule has 0 aliphatic rings. The van der Waals surface area contributed by atoms with Crippen molar-refractivity contribution in [2.45, 2.75) is 25.8 Å². The van der Waals surface area contributed by atoms with E-state index in [-0.39, 0.29) is 0 Å². The number of pyridine rings is 1. The van der Waals surface area contributed by atoms with Gasteiger partial charge in [-0.15, -0.1) is 22.7 Å². The molecule has 1 unspecified atom stereocenters. The Morgan fingerprint density at radius 2 is 2.25 bits per heavy atom. The molecule has 0 radical (unpaired) electrons. The first-order valence-corrected chi connectivity index (χ1v) is 8.65. The van der Waals surface area contributed by atoms with E-state index < -0.39 is 0 Å². The van der Waals surface area contributed by atoms with Gasteiger partial charge in [-0.2, -0.15) is 0 Å². The second-order valence-corrected chi connectivity index (χ2v) is 6.93. The zero-order valence-electron chi connectivity index (χ0n) is 11.5. The molecule has 0 fully saturated rings. The third kappa shape index (κ3) is 3.08. The van der Waals surface area contributed by atoms with Gasteiger partial charge >= 0.3 is 0 Å². The summed E-state index contributed by atoms with van der Waals surface area (Å²) in [5.74, 6) is 0. The van der Waals surface area contributed by atoms with Crippen LogP contribution in [0.3, 0.4) is 0 Å². The van der Waals surface area contributed by atoms with Crippen molar-refractivity contribution >= 4 is 32.1 Å². The predicted molar refractivity (Wildman–Crippen MR) is 88.7 cm³/mol. The lowest BCUT2D eigenvalue weighted by Gasteiger charge is -2.17. The highest BCUT2D eigenvalue weighted by atomic mass is 32.1. The normalized spacial score (nSPS) is 12.8. The summed E-state index contributed by atoms with van der Waals surface area (Å²) in [6.07, 6.45) is 5.96. The standard InChI is InChI=1S/C16H18N2S2/c1-2-6-18-13(9-12-4-3-7-17-11-12)15-10-16-14(20-15)5-8-19-16/h3-5,7-8,10-11,13,18H,2,6,9H2,1H3. The predicted octanol–water partition coefficient (Wildman–Crippen LogP) is 4.64. The van der Waals surface area contributed by atoms with Crippen molar-refractivity contribution < 1.29 is 0 Å². The molecule has 0 amide bonds. The van der Waals surface area contributed by atoms with E-state index in [1.54, 1.807) is 0 Å². The lowest BCUT2D eigenvalue weighted by Crippen LogP contribution is -2.23. The zero-order valence-corrected chi connectivity index (χ0v) is 13.1. The molecule has 0 spiro atoms. The van der Waals surface area contributed by atoms with Gasteiger partial charge in [0.05, 0.1) is 0 Å². The van der Waals surface area contributed by atoms with Crippen molar-refractivity contribution in [1.82, 2.24) is 10.3 Å². The molecule has 0 saturated carbocycles. The first kappa shape index (κ1) is 13.7. The Hall–Kier alpha value is -1.23. The molecule has 3 heterocycles. The van der Waals surface area contributed by atoms with Crippen molar-refractivity contribution in [3.63, 3.8) is 0 Å². The van der Waals surface area contributed by atoms with Crippen LogP contribution in [0.15, 0.2) is 42.0 Å². The molecule has 0 aliphatic carbocycles. The fourth-order valence-corrected chi connectivity index (χ4v) is 4.50. The molecule has 1 N–H and O–H groups in total. The van der Waals surface area contributed by atoms with E-state index in [0.717, 1.165) is 19.4 Å². The van der Waals surface area contributed by atoms with Gasteiger partial charge in [-0.05, 0) is 48.5 Å². The molecular formula is C16H18N2S2. The second kappa shape index (κ2) is 6.48. The van der Waals surface area contributed by atoms with E-state index in [0.29, 0.717) is 6.04 Å². The topological polar surface area (TPSA) is 24.9 Å². The van der Waals surface area contributed by atoms with Gasteiger partial charge in [0, 0.05) is 32.7 Å². The van der Waals surface area contributed by atoms with Gasteiger partial charge in [-0.3, -0.25) is 4.98 Å². The summed E-state index contributed by atoms with van der Waals surface area (Å²) < 4.78 is 2.80. The summed E-state index contributed by atoms with van der Waals surface area (Å²) in [6, 6.07) is 9.12. The number of rotatable bonds is 6. The second-order valence-electron chi connectivity index (χ2n) is 4.87. The minimum atomic E-state index is 0.392. The van der Waals surface area contributed by atoms with E-state index in [1.165, 1.54) is 19.8 Å². The monoisotopic (exact) mass is 302 g/mol. The summed E-state index contributed by atoms with van der Waals surface area (Å²) in [5.41, 5.74) is 1.29. The maximum Gasteiger partial charge on any atom is 0.0456 e. The summed E-state index contributed by atoms with van der Waals surface area (Å²) in [6.45, 7) is 3.26. The lowest BCUT2D eigenvalue weighted by atomic mass is 10.1. The van der Waals surface area contributed by atoms with E-state index in [9.17, 15) is 0 Å². The Bertz CT molecular complexity index is 629. The maximum absolute atomic E-state index is 4.22. The first-order valence-electron chi connectivity index (χ1n) is 6.96. The molecule has 0 aliphatic heterocycles. The van der Waals surface area contributed by atoms with E-state index in [1.807, 2.05) is 41.1 Å². The zero-order chi connectivity index (χ0) is 13.8. The molecule has 20 heavy (non-hydrogen) atoms. The fraction of sp³-hybridized carbons (Fsp3) is 0.312. The molecule has 104 valence electrons. The Morgan fingerprint density at radius 1 is 1.30 bits per heavy atom. The van der Waals surface area contributed by atoms with Gasteiger partial charge in [0.25, 0.3) is 0 Å². The highest BCUT2D eigenvalue weighted by Gasteiger charge is 2.15. The average molecular weight is 302 g/mol. The van der Waals surface area contributed by atoms with Crippen LogP contribution in [0.4, 0.5) is 0 Å². The SMILES string of the molecule is CCCNC(Cc1cccnc1)c1cc2sccc2s1. The van der Waals surface area contributed by atoms with Gasteiger partial charge in [0.15, 0.2) is 0 Å². The number of hydrogen-bond donors (Lipinski definition) is 1. The van der Waals surface area contributed by atoms with Crippen molar-refractivity contribution in [3.05, 3.63) is 52.5 Å². The number of aromatic nitrogens is 1. The third-order valence-corrected chi connectivity index (χ3v) is 5.51. The van der Waals surface area contributed by atoms with Crippen LogP contribution >= 0.6 is 22.7 Å². The molecule has 1 atom stereocenters. The highest BCUT2D eigenvalue weighted by molar-refractivity contribution is 7.26. The van der Waals surface area contributed by atoms with Gasteiger partial charge in [-0.1, -0.05) is 13.0 Å². The molecule has 4 heteroatoms. The largest absolute Gasteiger partial charge is 0.309 e. The molecule has 0 bridgehead atoms. The summed E-state index contributed by atoms with van der Waals surface area (Å²) in [7, 11) is 0. The number of thiophene rings is 2. The Labute approximate surface area is 127 Å². The summed E-state index contributed by atoms with van der Waals surface area (Å²) >= 11 is 3.74. The van der Waals surface area contributed by atoms with E-state index in [4.69, 9.17) is 0 Å². The number of fused-ring (bicyclic) bond motifs is 1. The number of hydrogen-bond acceptors (Lipinski definition) is 4. The average Bonchev–Trinajstić information content (AvgIpc) is 3.05. The Kier molecular flexibility index (Phi) is 4.45. The van der Waals surface area contributed by atoms with E-state index >= 15 is 0 Å². The number of nitrogens with zero attached hydrogens (tertiary/aromatic N) is 1. The van der Waals surface area contributed by atoms with Crippen molar-refractivity contribution in [3.8, 4) is 0 Å². The first-order chi connectivity index (χ1) is 9.86. The summed E-state index contributed by atoms with van der Waals surface area (Å²) in [4.78, 5) is 5.66. The fourth-order valence-electron chi connectivity index (χ4n) is 2.30. The molecule has 0 aromatic carbocycles. The Morgan fingerprint density at radius 3 is 3.00 bits per heavy atom. The van der Waals surface area contributed by atoms with E-state index in [2.05, 4.69) is 40.8 Å². The van der Waals surface area contributed by atoms with Crippen LogP contribution in [0.2, 0.25) is 0 Å². The van der Waals surface area contributed by atoms with Crippen LogP contribution in [0.1, 0.15) is 29.8 Å². The minimum Gasteiger partial charge on any atom is -0.309 e. The molecule has 3 aromatic rings. The molecule has 2 nitrogen and oxygen atoms in total. The van der Waals surface area contributed by atoms with Crippen molar-refractivity contribution in [2.75, 3.05) is 6.54 Å². The van der Waals surface area contributed by atoms with Crippen LogP contribution in [0.25, 0.3) is 9.40 Å². The highest BCUT2D eigenvalue weighted by Crippen LogP contribution is 2.34. The van der Waals surface area contributed by atoms with Crippen LogP contribution < -0.4 is 5.32 Å². The molecule has 3 aromatic heterocycles. The molecule has 3 rings (SSSR count). The van der Waals surface area contributed by atoms with Gasteiger partial charge in [-0.25, -0.2) is 0 Å². The minimum absolute atomic E-state index is 0.392. The van der Waals surface area contributed by atoms with Crippen LogP contribution in [-0.2, 0) is 6.42 Å². The smallest absolute Gasteiger partial charge is 0.0456 e.